The Balaban J connectivity index is 1.64. The number of rotatable bonds is 4. The maximum absolute atomic E-state index is 11.6. The van der Waals surface area contributed by atoms with E-state index in [-0.39, 0.29) is 5.41 Å². The zero-order valence-corrected chi connectivity index (χ0v) is 17.3. The van der Waals surface area contributed by atoms with Gasteiger partial charge in [0, 0.05) is 11.8 Å². The molecule has 4 rings (SSSR count). The van der Waals surface area contributed by atoms with Gasteiger partial charge in [0.2, 0.25) is 0 Å². The highest BCUT2D eigenvalue weighted by molar-refractivity contribution is 5.33. The van der Waals surface area contributed by atoms with E-state index in [9.17, 15) is 5.11 Å². The molecule has 5 atom stereocenters. The fourth-order valence-electron chi connectivity index (χ4n) is 7.67. The lowest BCUT2D eigenvalue weighted by Gasteiger charge is -2.56. The van der Waals surface area contributed by atoms with Gasteiger partial charge in [0.05, 0.1) is 18.5 Å². The Labute approximate surface area is 160 Å². The molecule has 1 N–H and O–H groups in total. The number of allylic oxidation sites excluding steroid dienone is 3. The van der Waals surface area contributed by atoms with Crippen LogP contribution in [0.15, 0.2) is 23.0 Å². The number of hydrogen-bond acceptors (Lipinski definition) is 2. The van der Waals surface area contributed by atoms with Gasteiger partial charge < -0.3 is 9.84 Å². The zero-order chi connectivity index (χ0) is 18.5. The predicted octanol–water partition coefficient (Wildman–Crippen LogP) is 6.01. The van der Waals surface area contributed by atoms with Crippen molar-refractivity contribution in [3.05, 3.63) is 23.0 Å². The lowest BCUT2D eigenvalue weighted by molar-refractivity contribution is -0.130. The van der Waals surface area contributed by atoms with Crippen LogP contribution in [0.4, 0.5) is 0 Å². The van der Waals surface area contributed by atoms with E-state index in [0.717, 1.165) is 43.4 Å². The van der Waals surface area contributed by atoms with E-state index in [1.165, 1.54) is 44.3 Å². The molecule has 0 bridgehead atoms. The third-order valence-electron chi connectivity index (χ3n) is 8.68. The molecule has 0 aromatic carbocycles. The van der Waals surface area contributed by atoms with Gasteiger partial charge >= 0.3 is 0 Å². The fourth-order valence-corrected chi connectivity index (χ4v) is 7.67. The average molecular weight is 359 g/mol. The molecule has 4 aliphatic rings. The van der Waals surface area contributed by atoms with Gasteiger partial charge in [-0.25, -0.2) is 0 Å². The summed E-state index contributed by atoms with van der Waals surface area (Å²) >= 11 is 0. The highest BCUT2D eigenvalue weighted by atomic mass is 16.5. The second-order valence-electron chi connectivity index (χ2n) is 10.0. The summed E-state index contributed by atoms with van der Waals surface area (Å²) in [4.78, 5) is 0. The Hall–Kier alpha value is -0.760. The van der Waals surface area contributed by atoms with Gasteiger partial charge in [-0.05, 0) is 87.5 Å². The lowest BCUT2D eigenvalue weighted by atomic mass is 9.50. The molecule has 0 radical (unpaired) electrons. The third-order valence-corrected chi connectivity index (χ3v) is 8.68. The van der Waals surface area contributed by atoms with Crippen molar-refractivity contribution in [1.82, 2.24) is 0 Å². The van der Waals surface area contributed by atoms with Gasteiger partial charge in [-0.3, -0.25) is 0 Å². The average Bonchev–Trinajstić information content (AvgIpc) is 2.93. The first-order valence-corrected chi connectivity index (χ1v) is 11.1. The highest BCUT2D eigenvalue weighted by Gasteiger charge is 2.63. The van der Waals surface area contributed by atoms with E-state index >= 15 is 0 Å². The van der Waals surface area contributed by atoms with Crippen molar-refractivity contribution in [2.45, 2.75) is 90.6 Å². The van der Waals surface area contributed by atoms with Crippen molar-refractivity contribution in [3.8, 4) is 0 Å². The van der Waals surface area contributed by atoms with Crippen molar-refractivity contribution >= 4 is 0 Å². The van der Waals surface area contributed by atoms with Gasteiger partial charge in [0.25, 0.3) is 0 Å². The molecule has 26 heavy (non-hydrogen) atoms. The highest BCUT2D eigenvalue weighted by Crippen LogP contribution is 2.67. The van der Waals surface area contributed by atoms with Crippen LogP contribution in [0.3, 0.4) is 0 Å². The van der Waals surface area contributed by atoms with Crippen LogP contribution in [0.25, 0.3) is 0 Å². The minimum Gasteiger partial charge on any atom is -0.501 e. The lowest BCUT2D eigenvalue weighted by Crippen LogP contribution is -2.53. The molecule has 0 amide bonds. The number of hydrogen-bond donors (Lipinski definition) is 1. The fraction of sp³-hybridized carbons (Fsp3) is 0.833. The molecule has 0 unspecified atom stereocenters. The third kappa shape index (κ3) is 2.62. The van der Waals surface area contributed by atoms with Crippen molar-refractivity contribution < 1.29 is 9.84 Å². The van der Waals surface area contributed by atoms with Gasteiger partial charge in [0.15, 0.2) is 0 Å². The molecule has 0 heterocycles. The van der Waals surface area contributed by atoms with E-state index in [1.807, 2.05) is 7.11 Å². The largest absolute Gasteiger partial charge is 0.501 e. The molecular formula is C24H38O2. The second-order valence-corrected chi connectivity index (χ2v) is 10.0. The smallest absolute Gasteiger partial charge is 0.0959 e. The maximum atomic E-state index is 11.6. The predicted molar refractivity (Wildman–Crippen MR) is 107 cm³/mol. The zero-order valence-electron chi connectivity index (χ0n) is 17.3. The summed E-state index contributed by atoms with van der Waals surface area (Å²) < 4.78 is 5.54. The molecule has 2 saturated carbocycles. The van der Waals surface area contributed by atoms with Gasteiger partial charge in [-0.15, -0.1) is 0 Å². The van der Waals surface area contributed by atoms with E-state index < -0.39 is 5.60 Å². The maximum Gasteiger partial charge on any atom is 0.0959 e. The quantitative estimate of drug-likeness (QED) is 0.624. The summed E-state index contributed by atoms with van der Waals surface area (Å²) in [6, 6.07) is 0. The molecule has 2 heteroatoms. The monoisotopic (exact) mass is 358 g/mol. The number of aliphatic hydroxyl groups is 1. The van der Waals surface area contributed by atoms with Crippen LogP contribution in [0.5, 0.6) is 0 Å². The first kappa shape index (κ1) is 18.6. The van der Waals surface area contributed by atoms with Crippen LogP contribution in [0, 0.1) is 29.1 Å². The number of fused-ring (bicyclic) bond motifs is 4. The van der Waals surface area contributed by atoms with Crippen LogP contribution < -0.4 is 0 Å². The SMILES string of the molecule is CC[C@]1(O)CC[C@H]2[C@@H]3CCC4=C(CC=C(OC)C4)[C@H]3CC[C@@]21CC(C)C. The number of methoxy groups -OCH3 is 1. The number of ether oxygens (including phenoxy) is 1. The Morgan fingerprint density at radius 3 is 2.73 bits per heavy atom. The minimum atomic E-state index is -0.419. The molecule has 146 valence electrons. The summed E-state index contributed by atoms with van der Waals surface area (Å²) in [6.45, 7) is 6.92. The summed E-state index contributed by atoms with van der Waals surface area (Å²) in [5.74, 6) is 4.16. The molecule has 2 nitrogen and oxygen atoms in total. The topological polar surface area (TPSA) is 29.5 Å². The molecule has 0 aromatic heterocycles. The Morgan fingerprint density at radius 2 is 2.04 bits per heavy atom. The summed E-state index contributed by atoms with van der Waals surface area (Å²) in [6.07, 6.45) is 14.0. The normalized spacial score (nSPS) is 42.2. The first-order valence-electron chi connectivity index (χ1n) is 11.1. The van der Waals surface area contributed by atoms with Crippen LogP contribution >= 0.6 is 0 Å². The van der Waals surface area contributed by atoms with Crippen LogP contribution in [0.1, 0.15) is 85.0 Å². The van der Waals surface area contributed by atoms with Crippen molar-refractivity contribution in [1.29, 1.82) is 0 Å². The van der Waals surface area contributed by atoms with Crippen molar-refractivity contribution in [3.63, 3.8) is 0 Å². The molecular weight excluding hydrogens is 320 g/mol. The molecule has 0 spiro atoms. The molecule has 0 saturated heterocycles. The summed E-state index contributed by atoms with van der Waals surface area (Å²) in [5, 5.41) is 11.6. The first-order chi connectivity index (χ1) is 12.4. The van der Waals surface area contributed by atoms with Crippen LogP contribution in [0.2, 0.25) is 0 Å². The van der Waals surface area contributed by atoms with Gasteiger partial charge in [-0.2, -0.15) is 0 Å². The van der Waals surface area contributed by atoms with Gasteiger partial charge in [0.1, 0.15) is 0 Å². The second kappa shape index (κ2) is 6.69. The van der Waals surface area contributed by atoms with Crippen molar-refractivity contribution in [2.24, 2.45) is 29.1 Å². The van der Waals surface area contributed by atoms with Crippen molar-refractivity contribution in [2.75, 3.05) is 7.11 Å². The Kier molecular flexibility index (Phi) is 4.78. The Morgan fingerprint density at radius 1 is 1.23 bits per heavy atom. The van der Waals surface area contributed by atoms with E-state index in [1.54, 1.807) is 11.1 Å². The van der Waals surface area contributed by atoms with Gasteiger partial charge in [-0.1, -0.05) is 31.9 Å². The summed E-state index contributed by atoms with van der Waals surface area (Å²) in [5.41, 5.74) is 3.20. The van der Waals surface area contributed by atoms with Crippen LogP contribution in [-0.2, 0) is 4.74 Å². The van der Waals surface area contributed by atoms with Crippen LogP contribution in [-0.4, -0.2) is 17.8 Å². The summed E-state index contributed by atoms with van der Waals surface area (Å²) in [7, 11) is 1.81. The molecule has 4 aliphatic carbocycles. The molecule has 0 aliphatic heterocycles. The van der Waals surface area contributed by atoms with E-state index in [2.05, 4.69) is 26.8 Å². The molecule has 2 fully saturated rings. The Bertz CT molecular complexity index is 616. The molecule has 0 aromatic rings. The minimum absolute atomic E-state index is 0.178. The van der Waals surface area contributed by atoms with E-state index in [0.29, 0.717) is 5.92 Å². The standard InChI is InChI=1S/C24H38O2/c1-5-24(25)13-11-22-21-8-6-17-14-18(26-4)7-9-19(17)20(21)10-12-23(22,24)15-16(2)3/h7,16,20-22,25H,5-6,8-15H2,1-4H3/t20-,21-,22+,23-,24+/m1/s1. The van der Waals surface area contributed by atoms with E-state index in [4.69, 9.17) is 4.74 Å².